The molecule has 0 bridgehead atoms. The molecule has 0 aliphatic carbocycles. The van der Waals surface area contributed by atoms with Crippen LogP contribution in [-0.2, 0) is 11.0 Å². The van der Waals surface area contributed by atoms with Crippen molar-refractivity contribution in [2.45, 2.75) is 18.6 Å². The molecule has 3 aromatic rings. The van der Waals surface area contributed by atoms with Gasteiger partial charge in [-0.3, -0.25) is 0 Å². The molecule has 0 radical (unpaired) electrons. The summed E-state index contributed by atoms with van der Waals surface area (Å²) in [7, 11) is 0. The average Bonchev–Trinajstić information content (AvgIpc) is 2.66. The fourth-order valence-electron chi connectivity index (χ4n) is 3.18. The van der Waals surface area contributed by atoms with Gasteiger partial charge in [-0.1, -0.05) is 0 Å². The molecule has 2 N–H and O–H groups in total. The number of benzene rings is 1. The topological polar surface area (TPSA) is 91.2 Å². The van der Waals surface area contributed by atoms with Gasteiger partial charge < -0.3 is 15.3 Å². The number of nitrogens with zero attached hydrogens (tertiary/aromatic N) is 4. The minimum Gasteiger partial charge on any atom is -0.480 e. The molecule has 1 fully saturated rings. The largest absolute Gasteiger partial charge is 0.480 e. The first-order chi connectivity index (χ1) is 14.7. The van der Waals surface area contributed by atoms with Gasteiger partial charge in [-0.25, -0.2) is 24.1 Å². The quantitative estimate of drug-likeness (QED) is 0.586. The summed E-state index contributed by atoms with van der Waals surface area (Å²) in [5, 5.41) is 11.7. The molecular weight excluding hydrogens is 418 g/mol. The molecular formula is C20H15F4N5O2. The third-order valence-electron chi connectivity index (χ3n) is 4.78. The van der Waals surface area contributed by atoms with Crippen molar-refractivity contribution in [1.29, 1.82) is 0 Å². The molecule has 1 saturated heterocycles. The molecule has 0 spiro atoms. The van der Waals surface area contributed by atoms with E-state index < -0.39 is 29.7 Å². The summed E-state index contributed by atoms with van der Waals surface area (Å²) in [5.41, 5.74) is 0.00902. The first kappa shape index (κ1) is 20.5. The van der Waals surface area contributed by atoms with Crippen LogP contribution >= 0.6 is 0 Å². The number of carbonyl (C=O) groups is 1. The number of pyridine rings is 1. The second-order valence-electron chi connectivity index (χ2n) is 6.86. The van der Waals surface area contributed by atoms with Gasteiger partial charge >= 0.3 is 12.1 Å². The molecule has 1 atom stereocenters. The fourth-order valence-corrected chi connectivity index (χ4v) is 3.18. The van der Waals surface area contributed by atoms with Crippen LogP contribution in [0.3, 0.4) is 0 Å². The first-order valence-electron chi connectivity index (χ1n) is 9.14. The molecule has 31 heavy (non-hydrogen) atoms. The van der Waals surface area contributed by atoms with E-state index in [9.17, 15) is 22.4 Å². The van der Waals surface area contributed by atoms with Crippen molar-refractivity contribution in [3.8, 4) is 11.1 Å². The summed E-state index contributed by atoms with van der Waals surface area (Å²) in [6.45, 7) is 0.578. The van der Waals surface area contributed by atoms with Gasteiger partial charge in [0.1, 0.15) is 23.4 Å². The Balaban J connectivity index is 1.56. The van der Waals surface area contributed by atoms with E-state index >= 15 is 0 Å². The van der Waals surface area contributed by atoms with Crippen molar-refractivity contribution in [1.82, 2.24) is 15.0 Å². The van der Waals surface area contributed by atoms with Crippen LogP contribution in [0.5, 0.6) is 0 Å². The Morgan fingerprint density at radius 1 is 1.13 bits per heavy atom. The summed E-state index contributed by atoms with van der Waals surface area (Å²) < 4.78 is 52.6. The van der Waals surface area contributed by atoms with Gasteiger partial charge in [-0.15, -0.1) is 0 Å². The van der Waals surface area contributed by atoms with Crippen LogP contribution in [0.15, 0.2) is 48.8 Å². The van der Waals surface area contributed by atoms with Crippen molar-refractivity contribution in [2.75, 3.05) is 16.8 Å². The van der Waals surface area contributed by atoms with Crippen LogP contribution in [0.1, 0.15) is 12.1 Å². The van der Waals surface area contributed by atoms with Crippen molar-refractivity contribution in [3.05, 3.63) is 60.3 Å². The van der Waals surface area contributed by atoms with Gasteiger partial charge in [-0.05, 0) is 48.4 Å². The van der Waals surface area contributed by atoms with Crippen molar-refractivity contribution < 1.29 is 27.5 Å². The van der Waals surface area contributed by atoms with Crippen molar-refractivity contribution in [3.63, 3.8) is 0 Å². The van der Waals surface area contributed by atoms with Crippen LogP contribution < -0.4 is 10.2 Å². The third kappa shape index (κ3) is 4.39. The molecule has 1 aromatic carbocycles. The van der Waals surface area contributed by atoms with Crippen LogP contribution in [-0.4, -0.2) is 38.6 Å². The summed E-state index contributed by atoms with van der Waals surface area (Å²) in [4.78, 5) is 24.2. The minimum atomic E-state index is -4.63. The van der Waals surface area contributed by atoms with Gasteiger partial charge in [0.15, 0.2) is 0 Å². The average molecular weight is 433 g/mol. The zero-order chi connectivity index (χ0) is 22.2. The van der Waals surface area contributed by atoms with E-state index in [0.29, 0.717) is 29.9 Å². The maximum Gasteiger partial charge on any atom is 0.433 e. The van der Waals surface area contributed by atoms with E-state index in [2.05, 4.69) is 20.3 Å². The number of alkyl halides is 3. The predicted octanol–water partition coefficient (Wildman–Crippen LogP) is 4.10. The van der Waals surface area contributed by atoms with Gasteiger partial charge in [0, 0.05) is 30.2 Å². The Hall–Kier alpha value is -3.76. The summed E-state index contributed by atoms with van der Waals surface area (Å²) in [5.74, 6) is -1.37. The molecule has 4 rings (SSSR count). The van der Waals surface area contributed by atoms with E-state index in [1.807, 2.05) is 0 Å². The minimum absolute atomic E-state index is 0.159. The number of carboxylic acids is 1. The predicted molar refractivity (Wildman–Crippen MR) is 103 cm³/mol. The van der Waals surface area contributed by atoms with Gasteiger partial charge in [-0.2, -0.15) is 13.2 Å². The third-order valence-corrected chi connectivity index (χ3v) is 4.78. The molecule has 160 valence electrons. The van der Waals surface area contributed by atoms with Crippen LogP contribution in [0, 0.1) is 5.82 Å². The van der Waals surface area contributed by atoms with Gasteiger partial charge in [0.05, 0.1) is 0 Å². The Bertz CT molecular complexity index is 1120. The molecule has 7 nitrogen and oxygen atoms in total. The standard InChI is InChI=1S/C20H15F4N5O2/c21-13-7-12(11-1-2-17(26-10-11)29-6-4-15(29)18(30)31)8-14(9-13)27-19-25-5-3-16(28-19)20(22,23)24/h1-3,5,7-10,15H,4,6H2,(H,30,31)(H,25,27,28)/t15-/m0/s1. The molecule has 2 aromatic heterocycles. The number of aliphatic carboxylic acids is 1. The highest BCUT2D eigenvalue weighted by Crippen LogP contribution is 2.30. The lowest BCUT2D eigenvalue weighted by atomic mass is 10.0. The van der Waals surface area contributed by atoms with E-state index in [0.717, 1.165) is 18.3 Å². The molecule has 11 heteroatoms. The number of halogens is 4. The summed E-state index contributed by atoms with van der Waals surface area (Å²) in [6, 6.07) is 7.30. The Morgan fingerprint density at radius 3 is 2.55 bits per heavy atom. The number of aromatic nitrogens is 3. The van der Waals surface area contributed by atoms with E-state index in [4.69, 9.17) is 5.11 Å². The Morgan fingerprint density at radius 2 is 1.94 bits per heavy atom. The lowest BCUT2D eigenvalue weighted by molar-refractivity contribution is -0.141. The maximum atomic E-state index is 14.1. The van der Waals surface area contributed by atoms with Gasteiger partial charge in [0.25, 0.3) is 0 Å². The maximum absolute atomic E-state index is 14.1. The molecule has 0 saturated carbocycles. The number of hydrogen-bond donors (Lipinski definition) is 2. The number of nitrogens with one attached hydrogen (secondary N) is 1. The lowest BCUT2D eigenvalue weighted by Crippen LogP contribution is -2.52. The summed E-state index contributed by atoms with van der Waals surface area (Å²) >= 11 is 0. The second-order valence-corrected chi connectivity index (χ2v) is 6.86. The Kier molecular flexibility index (Phi) is 5.17. The first-order valence-corrected chi connectivity index (χ1v) is 9.14. The highest BCUT2D eigenvalue weighted by Gasteiger charge is 2.35. The van der Waals surface area contributed by atoms with E-state index in [1.54, 1.807) is 17.0 Å². The number of carboxylic acid groups (broad SMARTS) is 1. The smallest absolute Gasteiger partial charge is 0.433 e. The number of anilines is 3. The van der Waals surface area contributed by atoms with Gasteiger partial charge in [0.2, 0.25) is 5.95 Å². The molecule has 0 unspecified atom stereocenters. The van der Waals surface area contributed by atoms with Crippen LogP contribution in [0.25, 0.3) is 11.1 Å². The monoisotopic (exact) mass is 433 g/mol. The van der Waals surface area contributed by atoms with E-state index in [-0.39, 0.29) is 11.6 Å². The lowest BCUT2D eigenvalue weighted by Gasteiger charge is -2.38. The molecule has 3 heterocycles. The highest BCUT2D eigenvalue weighted by atomic mass is 19.4. The highest BCUT2D eigenvalue weighted by molar-refractivity contribution is 5.80. The normalized spacial score (nSPS) is 16.0. The molecule has 1 aliphatic heterocycles. The zero-order valence-corrected chi connectivity index (χ0v) is 15.8. The molecule has 1 aliphatic rings. The second kappa shape index (κ2) is 7.82. The number of rotatable bonds is 5. The number of hydrogen-bond acceptors (Lipinski definition) is 6. The molecule has 0 amide bonds. The van der Waals surface area contributed by atoms with E-state index in [1.165, 1.54) is 18.3 Å². The summed E-state index contributed by atoms with van der Waals surface area (Å²) in [6.07, 6.45) is -1.65. The zero-order valence-electron chi connectivity index (χ0n) is 15.8. The Labute approximate surface area is 173 Å². The van der Waals surface area contributed by atoms with Crippen molar-refractivity contribution in [2.24, 2.45) is 0 Å². The fraction of sp³-hybridized carbons (Fsp3) is 0.200. The van der Waals surface area contributed by atoms with Crippen LogP contribution in [0.2, 0.25) is 0 Å². The van der Waals surface area contributed by atoms with Crippen molar-refractivity contribution >= 4 is 23.4 Å². The SMILES string of the molecule is O=C(O)[C@@H]1CCN1c1ccc(-c2cc(F)cc(Nc3nccc(C(F)(F)F)n3)c2)cn1. The van der Waals surface area contributed by atoms with Crippen LogP contribution in [0.4, 0.5) is 35.0 Å².